The van der Waals surface area contributed by atoms with E-state index in [9.17, 15) is 0 Å². The van der Waals surface area contributed by atoms with Crippen molar-refractivity contribution >= 4 is 0 Å². The van der Waals surface area contributed by atoms with E-state index in [2.05, 4.69) is 35.0 Å². The van der Waals surface area contributed by atoms with Crippen LogP contribution in [-0.4, -0.2) is 16.3 Å². The molecule has 1 aliphatic rings. The van der Waals surface area contributed by atoms with Crippen LogP contribution in [0.25, 0.3) is 0 Å². The molecule has 15 heavy (non-hydrogen) atoms. The summed E-state index contributed by atoms with van der Waals surface area (Å²) < 4.78 is 2.15. The zero-order valence-electron chi connectivity index (χ0n) is 9.74. The molecule has 1 aromatic heterocycles. The number of piperidine rings is 1. The Morgan fingerprint density at radius 1 is 1.53 bits per heavy atom. The molecule has 1 aliphatic heterocycles. The first-order valence-corrected chi connectivity index (χ1v) is 6.06. The van der Waals surface area contributed by atoms with Crippen LogP contribution >= 0.6 is 0 Å². The van der Waals surface area contributed by atoms with E-state index in [0.717, 1.165) is 25.4 Å². The minimum Gasteiger partial charge on any atom is -0.308 e. The SMILES string of the molecule is CCCn1nccc1C1CCC(C)CN1. The largest absolute Gasteiger partial charge is 0.308 e. The first-order valence-electron chi connectivity index (χ1n) is 6.06. The van der Waals surface area contributed by atoms with Gasteiger partial charge in [0.25, 0.3) is 0 Å². The number of rotatable bonds is 3. The zero-order valence-corrected chi connectivity index (χ0v) is 9.74. The molecule has 0 radical (unpaired) electrons. The van der Waals surface area contributed by atoms with Crippen molar-refractivity contribution in [3.8, 4) is 0 Å². The van der Waals surface area contributed by atoms with Crippen LogP contribution in [0.1, 0.15) is 44.8 Å². The third-order valence-corrected chi connectivity index (χ3v) is 3.20. The Morgan fingerprint density at radius 2 is 2.40 bits per heavy atom. The fourth-order valence-electron chi connectivity index (χ4n) is 2.29. The summed E-state index contributed by atoms with van der Waals surface area (Å²) >= 11 is 0. The maximum Gasteiger partial charge on any atom is 0.0553 e. The highest BCUT2D eigenvalue weighted by atomic mass is 15.3. The quantitative estimate of drug-likeness (QED) is 0.824. The summed E-state index contributed by atoms with van der Waals surface area (Å²) in [6.45, 7) is 6.69. The van der Waals surface area contributed by atoms with E-state index in [0.29, 0.717) is 6.04 Å². The summed E-state index contributed by atoms with van der Waals surface area (Å²) in [5.41, 5.74) is 1.36. The predicted octanol–water partition coefficient (Wildman–Crippen LogP) is 2.35. The average molecular weight is 207 g/mol. The van der Waals surface area contributed by atoms with Gasteiger partial charge in [0.1, 0.15) is 0 Å². The van der Waals surface area contributed by atoms with Crippen molar-refractivity contribution in [1.29, 1.82) is 0 Å². The number of hydrogen-bond acceptors (Lipinski definition) is 2. The molecule has 0 aromatic carbocycles. The Hall–Kier alpha value is -0.830. The van der Waals surface area contributed by atoms with Crippen molar-refractivity contribution in [2.75, 3.05) is 6.54 Å². The molecular formula is C12H21N3. The molecule has 2 heterocycles. The molecule has 0 saturated carbocycles. The van der Waals surface area contributed by atoms with Gasteiger partial charge in [-0.3, -0.25) is 4.68 Å². The lowest BCUT2D eigenvalue weighted by atomic mass is 9.95. The first-order chi connectivity index (χ1) is 7.31. The van der Waals surface area contributed by atoms with Crippen LogP contribution in [0.3, 0.4) is 0 Å². The van der Waals surface area contributed by atoms with Crippen LogP contribution in [0, 0.1) is 5.92 Å². The summed E-state index contributed by atoms with van der Waals surface area (Å²) in [6.07, 6.45) is 5.65. The third kappa shape index (κ3) is 2.40. The molecule has 1 N–H and O–H groups in total. The predicted molar refractivity (Wildman–Crippen MR) is 61.7 cm³/mol. The zero-order chi connectivity index (χ0) is 10.7. The molecule has 2 rings (SSSR count). The second-order valence-electron chi connectivity index (χ2n) is 4.62. The summed E-state index contributed by atoms with van der Waals surface area (Å²) in [7, 11) is 0. The van der Waals surface area contributed by atoms with Gasteiger partial charge in [0.15, 0.2) is 0 Å². The lowest BCUT2D eigenvalue weighted by Gasteiger charge is -2.28. The fourth-order valence-corrected chi connectivity index (χ4v) is 2.29. The molecule has 2 atom stereocenters. The number of aryl methyl sites for hydroxylation is 1. The van der Waals surface area contributed by atoms with Gasteiger partial charge in [-0.25, -0.2) is 0 Å². The molecule has 1 saturated heterocycles. The van der Waals surface area contributed by atoms with Crippen LogP contribution in [0.15, 0.2) is 12.3 Å². The summed E-state index contributed by atoms with van der Waals surface area (Å²) in [6, 6.07) is 2.68. The van der Waals surface area contributed by atoms with Crippen molar-refractivity contribution in [1.82, 2.24) is 15.1 Å². The maximum atomic E-state index is 4.38. The molecule has 1 aromatic rings. The topological polar surface area (TPSA) is 29.9 Å². The molecule has 0 bridgehead atoms. The molecule has 0 amide bonds. The lowest BCUT2D eigenvalue weighted by Crippen LogP contribution is -2.33. The van der Waals surface area contributed by atoms with E-state index in [1.165, 1.54) is 18.5 Å². The minimum absolute atomic E-state index is 0.523. The van der Waals surface area contributed by atoms with Gasteiger partial charge >= 0.3 is 0 Å². The Balaban J connectivity index is 2.05. The maximum absolute atomic E-state index is 4.38. The Bertz CT molecular complexity index is 298. The van der Waals surface area contributed by atoms with E-state index in [1.807, 2.05) is 6.20 Å². The average Bonchev–Trinajstić information content (AvgIpc) is 2.68. The molecule has 3 heteroatoms. The number of nitrogens with zero attached hydrogens (tertiary/aromatic N) is 2. The standard InChI is InChI=1S/C12H21N3/c1-3-8-15-12(6-7-14-15)11-5-4-10(2)9-13-11/h6-7,10-11,13H,3-5,8-9H2,1-2H3. The first kappa shape index (κ1) is 10.7. The highest BCUT2D eigenvalue weighted by Gasteiger charge is 2.21. The summed E-state index contributed by atoms with van der Waals surface area (Å²) in [4.78, 5) is 0. The molecule has 1 fully saturated rings. The lowest BCUT2D eigenvalue weighted by molar-refractivity contribution is 0.319. The van der Waals surface area contributed by atoms with Gasteiger partial charge in [0, 0.05) is 18.8 Å². The van der Waals surface area contributed by atoms with Gasteiger partial charge < -0.3 is 5.32 Å². The Morgan fingerprint density at radius 3 is 3.07 bits per heavy atom. The number of aromatic nitrogens is 2. The second kappa shape index (κ2) is 4.79. The summed E-state index contributed by atoms with van der Waals surface area (Å²) in [5.74, 6) is 0.823. The number of nitrogens with one attached hydrogen (secondary N) is 1. The van der Waals surface area contributed by atoms with Crippen LogP contribution in [0.2, 0.25) is 0 Å². The summed E-state index contributed by atoms with van der Waals surface area (Å²) in [5, 5.41) is 7.99. The number of hydrogen-bond donors (Lipinski definition) is 1. The molecule has 0 aliphatic carbocycles. The molecule has 0 spiro atoms. The molecule has 84 valence electrons. The third-order valence-electron chi connectivity index (χ3n) is 3.20. The van der Waals surface area contributed by atoms with E-state index >= 15 is 0 Å². The highest BCUT2D eigenvalue weighted by molar-refractivity contribution is 5.08. The van der Waals surface area contributed by atoms with Crippen molar-refractivity contribution in [3.63, 3.8) is 0 Å². The van der Waals surface area contributed by atoms with Crippen molar-refractivity contribution < 1.29 is 0 Å². The van der Waals surface area contributed by atoms with Crippen molar-refractivity contribution in [2.45, 2.75) is 45.7 Å². The van der Waals surface area contributed by atoms with Gasteiger partial charge in [-0.1, -0.05) is 13.8 Å². The van der Waals surface area contributed by atoms with Gasteiger partial charge in [-0.05, 0) is 37.8 Å². The monoisotopic (exact) mass is 207 g/mol. The van der Waals surface area contributed by atoms with Crippen molar-refractivity contribution in [3.05, 3.63) is 18.0 Å². The van der Waals surface area contributed by atoms with E-state index in [4.69, 9.17) is 0 Å². The molecule has 3 nitrogen and oxygen atoms in total. The van der Waals surface area contributed by atoms with E-state index in [1.54, 1.807) is 0 Å². The van der Waals surface area contributed by atoms with Crippen LogP contribution in [-0.2, 0) is 6.54 Å². The van der Waals surface area contributed by atoms with Gasteiger partial charge in [0.2, 0.25) is 0 Å². The normalized spacial score (nSPS) is 26.8. The van der Waals surface area contributed by atoms with Gasteiger partial charge in [0.05, 0.1) is 5.69 Å². The minimum atomic E-state index is 0.523. The van der Waals surface area contributed by atoms with Crippen LogP contribution in [0.4, 0.5) is 0 Å². The molecule has 2 unspecified atom stereocenters. The van der Waals surface area contributed by atoms with Crippen molar-refractivity contribution in [2.24, 2.45) is 5.92 Å². The van der Waals surface area contributed by atoms with Crippen LogP contribution < -0.4 is 5.32 Å². The van der Waals surface area contributed by atoms with E-state index in [-0.39, 0.29) is 0 Å². The highest BCUT2D eigenvalue weighted by Crippen LogP contribution is 2.25. The second-order valence-corrected chi connectivity index (χ2v) is 4.62. The fraction of sp³-hybridized carbons (Fsp3) is 0.750. The Labute approximate surface area is 91.9 Å². The van der Waals surface area contributed by atoms with Gasteiger partial charge in [-0.2, -0.15) is 5.10 Å². The van der Waals surface area contributed by atoms with E-state index < -0.39 is 0 Å². The van der Waals surface area contributed by atoms with Gasteiger partial charge in [-0.15, -0.1) is 0 Å². The van der Waals surface area contributed by atoms with Crippen LogP contribution in [0.5, 0.6) is 0 Å². The Kier molecular flexibility index (Phi) is 3.41. The smallest absolute Gasteiger partial charge is 0.0553 e. The molecular weight excluding hydrogens is 186 g/mol.